The third kappa shape index (κ3) is 5.29. The predicted molar refractivity (Wildman–Crippen MR) is 104 cm³/mol. The van der Waals surface area contributed by atoms with Crippen molar-refractivity contribution in [2.75, 3.05) is 22.7 Å². The van der Waals surface area contributed by atoms with Crippen LogP contribution in [0.25, 0.3) is 0 Å². The molecule has 0 bridgehead atoms. The molecule has 1 aliphatic rings. The number of anilines is 2. The minimum atomic E-state index is -4.54. The Labute approximate surface area is 170 Å². The van der Waals surface area contributed by atoms with Gasteiger partial charge in [-0.05, 0) is 55.0 Å². The summed E-state index contributed by atoms with van der Waals surface area (Å²) in [6.45, 7) is -0.862. The molecule has 0 aromatic heterocycles. The van der Waals surface area contributed by atoms with Gasteiger partial charge in [-0.3, -0.25) is 14.3 Å². The predicted octanol–water partition coefficient (Wildman–Crippen LogP) is 2.91. The van der Waals surface area contributed by atoms with Crippen molar-refractivity contribution in [3.63, 3.8) is 0 Å². The molecule has 0 spiro atoms. The topological polar surface area (TPSA) is 95.6 Å². The lowest BCUT2D eigenvalue weighted by Crippen LogP contribution is -2.33. The highest BCUT2D eigenvalue weighted by Gasteiger charge is 2.28. The van der Waals surface area contributed by atoms with Crippen LogP contribution in [-0.4, -0.2) is 39.5 Å². The Morgan fingerprint density at radius 2 is 1.67 bits per heavy atom. The summed E-state index contributed by atoms with van der Waals surface area (Å²) in [6.07, 6.45) is -3.28. The van der Waals surface area contributed by atoms with Gasteiger partial charge in [0.1, 0.15) is 6.54 Å². The number of alkyl halides is 3. The van der Waals surface area contributed by atoms with Gasteiger partial charge in [-0.2, -0.15) is 13.2 Å². The number of nitrogens with one attached hydrogen (secondary N) is 2. The Hall–Kier alpha value is -3.08. The number of carbonyl (C=O) groups excluding carboxylic acids is 2. The number of hydrogen-bond donors (Lipinski definition) is 2. The Balaban J connectivity index is 1.66. The maximum Gasteiger partial charge on any atom is 0.405 e. The Morgan fingerprint density at radius 3 is 2.20 bits per heavy atom. The van der Waals surface area contributed by atoms with Crippen molar-refractivity contribution in [1.82, 2.24) is 5.32 Å². The van der Waals surface area contributed by atoms with Crippen LogP contribution in [-0.2, 0) is 14.8 Å². The fraction of sp³-hybridized carbons (Fsp3) is 0.263. The Kier molecular flexibility index (Phi) is 6.01. The molecule has 1 aliphatic heterocycles. The van der Waals surface area contributed by atoms with E-state index in [1.165, 1.54) is 12.1 Å². The molecule has 1 fully saturated rings. The maximum absolute atomic E-state index is 12.5. The first-order valence-corrected chi connectivity index (χ1v) is 10.4. The van der Waals surface area contributed by atoms with Gasteiger partial charge in [0.05, 0.1) is 4.90 Å². The smallest absolute Gasteiger partial charge is 0.343 e. The molecule has 7 nitrogen and oxygen atoms in total. The molecule has 11 heteroatoms. The fourth-order valence-corrected chi connectivity index (χ4v) is 3.97. The number of rotatable bonds is 6. The van der Waals surface area contributed by atoms with Gasteiger partial charge >= 0.3 is 6.18 Å². The van der Waals surface area contributed by atoms with Crippen LogP contribution in [0.3, 0.4) is 0 Å². The molecule has 2 amide bonds. The van der Waals surface area contributed by atoms with Gasteiger partial charge in [-0.15, -0.1) is 0 Å². The second-order valence-electron chi connectivity index (χ2n) is 6.62. The van der Waals surface area contributed by atoms with Crippen molar-refractivity contribution in [3.8, 4) is 0 Å². The molecule has 0 saturated carbocycles. The minimum absolute atomic E-state index is 0.0164. The number of hydrogen-bond acceptors (Lipinski definition) is 4. The average molecular weight is 441 g/mol. The molecule has 3 rings (SSSR count). The zero-order chi connectivity index (χ0) is 21.9. The van der Waals surface area contributed by atoms with Crippen LogP contribution >= 0.6 is 0 Å². The zero-order valence-electron chi connectivity index (χ0n) is 15.6. The van der Waals surface area contributed by atoms with E-state index in [1.807, 2.05) is 0 Å². The molecule has 0 unspecified atom stereocenters. The van der Waals surface area contributed by atoms with Crippen LogP contribution in [0.5, 0.6) is 0 Å². The molecule has 1 heterocycles. The van der Waals surface area contributed by atoms with Crippen LogP contribution in [0.1, 0.15) is 23.2 Å². The van der Waals surface area contributed by atoms with E-state index in [0.29, 0.717) is 18.7 Å². The summed E-state index contributed by atoms with van der Waals surface area (Å²) in [4.78, 5) is 24.9. The van der Waals surface area contributed by atoms with E-state index in [0.717, 1.165) is 30.7 Å². The number of benzene rings is 2. The van der Waals surface area contributed by atoms with Crippen LogP contribution in [0.15, 0.2) is 53.4 Å². The molecule has 0 radical (unpaired) electrons. The number of nitrogens with zero attached hydrogens (tertiary/aromatic N) is 1. The molecule has 1 saturated heterocycles. The van der Waals surface area contributed by atoms with Gasteiger partial charge in [-0.1, -0.05) is 0 Å². The monoisotopic (exact) mass is 441 g/mol. The quantitative estimate of drug-likeness (QED) is 0.721. The lowest BCUT2D eigenvalue weighted by molar-refractivity contribution is -0.123. The molecule has 2 N–H and O–H groups in total. The minimum Gasteiger partial charge on any atom is -0.343 e. The standard InChI is InChI=1S/C19H18F3N3O4S/c20-19(21,22)12-23-18(27)13-3-9-16(10-4-13)30(28,29)24-14-5-7-15(8-6-14)25-11-1-2-17(25)26/h3-10,24H,1-2,11-12H2,(H,23,27). The third-order valence-corrected chi connectivity index (χ3v) is 5.78. The molecule has 0 aliphatic carbocycles. The Morgan fingerprint density at radius 1 is 1.03 bits per heavy atom. The van der Waals surface area contributed by atoms with Crippen LogP contribution in [0.2, 0.25) is 0 Å². The maximum atomic E-state index is 12.5. The lowest BCUT2D eigenvalue weighted by Gasteiger charge is -2.16. The van der Waals surface area contributed by atoms with Crippen LogP contribution in [0, 0.1) is 0 Å². The van der Waals surface area contributed by atoms with E-state index >= 15 is 0 Å². The molecule has 30 heavy (non-hydrogen) atoms. The van der Waals surface area contributed by atoms with Gasteiger partial charge in [0.25, 0.3) is 15.9 Å². The first-order valence-electron chi connectivity index (χ1n) is 8.93. The van der Waals surface area contributed by atoms with Gasteiger partial charge in [0, 0.05) is 29.9 Å². The van der Waals surface area contributed by atoms with Crippen molar-refractivity contribution in [2.24, 2.45) is 0 Å². The van der Waals surface area contributed by atoms with E-state index < -0.39 is 28.7 Å². The normalized spacial score (nSPS) is 14.6. The summed E-state index contributed by atoms with van der Waals surface area (Å²) in [5, 5.41) is 1.71. The summed E-state index contributed by atoms with van der Waals surface area (Å²) in [5.41, 5.74) is 0.852. The second kappa shape index (κ2) is 8.34. The molecular formula is C19H18F3N3O4S. The van der Waals surface area contributed by atoms with Gasteiger partial charge in [-0.25, -0.2) is 8.42 Å². The van der Waals surface area contributed by atoms with Crippen molar-refractivity contribution in [2.45, 2.75) is 23.9 Å². The van der Waals surface area contributed by atoms with E-state index in [2.05, 4.69) is 4.72 Å². The number of halogens is 3. The average Bonchev–Trinajstić information content (AvgIpc) is 3.12. The van der Waals surface area contributed by atoms with E-state index in [1.54, 1.807) is 22.3 Å². The molecule has 0 atom stereocenters. The van der Waals surface area contributed by atoms with Crippen LogP contribution in [0.4, 0.5) is 24.5 Å². The molecule has 2 aromatic carbocycles. The molecule has 160 valence electrons. The summed E-state index contributed by atoms with van der Waals surface area (Å²) < 4.78 is 63.9. The zero-order valence-corrected chi connectivity index (χ0v) is 16.4. The highest BCUT2D eigenvalue weighted by molar-refractivity contribution is 7.92. The first-order chi connectivity index (χ1) is 14.0. The molecular weight excluding hydrogens is 423 g/mol. The van der Waals surface area contributed by atoms with Crippen molar-refractivity contribution >= 4 is 33.2 Å². The fourth-order valence-electron chi connectivity index (χ4n) is 2.91. The largest absolute Gasteiger partial charge is 0.405 e. The van der Waals surface area contributed by atoms with Crippen molar-refractivity contribution in [3.05, 3.63) is 54.1 Å². The summed E-state index contributed by atoms with van der Waals surface area (Å²) in [6, 6.07) is 10.8. The highest BCUT2D eigenvalue weighted by Crippen LogP contribution is 2.24. The van der Waals surface area contributed by atoms with Gasteiger partial charge < -0.3 is 10.2 Å². The third-order valence-electron chi connectivity index (χ3n) is 4.38. The molecule has 2 aromatic rings. The lowest BCUT2D eigenvalue weighted by atomic mass is 10.2. The SMILES string of the molecule is O=C(NCC(F)(F)F)c1ccc(S(=O)(=O)Nc2ccc(N3CCCC3=O)cc2)cc1. The Bertz CT molecular complexity index is 1040. The summed E-state index contributed by atoms with van der Waals surface area (Å²) in [7, 11) is -3.98. The van der Waals surface area contributed by atoms with Gasteiger partial charge in [0.15, 0.2) is 0 Å². The number of carbonyl (C=O) groups is 2. The summed E-state index contributed by atoms with van der Waals surface area (Å²) in [5.74, 6) is -0.945. The van der Waals surface area contributed by atoms with E-state index in [-0.39, 0.29) is 22.1 Å². The van der Waals surface area contributed by atoms with Crippen molar-refractivity contribution in [1.29, 1.82) is 0 Å². The number of sulfonamides is 1. The van der Waals surface area contributed by atoms with E-state index in [9.17, 15) is 31.2 Å². The highest BCUT2D eigenvalue weighted by atomic mass is 32.2. The van der Waals surface area contributed by atoms with Crippen molar-refractivity contribution < 1.29 is 31.2 Å². The number of amides is 2. The van der Waals surface area contributed by atoms with Gasteiger partial charge in [0.2, 0.25) is 5.91 Å². The first kappa shape index (κ1) is 21.6. The second-order valence-corrected chi connectivity index (χ2v) is 8.31. The van der Waals surface area contributed by atoms with Crippen LogP contribution < -0.4 is 14.9 Å². The van der Waals surface area contributed by atoms with E-state index in [4.69, 9.17) is 0 Å². The summed E-state index contributed by atoms with van der Waals surface area (Å²) >= 11 is 0.